The van der Waals surface area contributed by atoms with Crippen LogP contribution in [0.2, 0.25) is 0 Å². The van der Waals surface area contributed by atoms with Gasteiger partial charge in [-0.15, -0.1) is 0 Å². The highest BCUT2D eigenvalue weighted by Crippen LogP contribution is 2.17. The zero-order valence-corrected chi connectivity index (χ0v) is 14.6. The Hall–Kier alpha value is -0.520. The molecular formula is C20H38. The molecule has 0 fully saturated rings. The third-order valence-corrected chi connectivity index (χ3v) is 4.17. The van der Waals surface area contributed by atoms with Crippen LogP contribution in [-0.4, -0.2) is 0 Å². The molecule has 0 aromatic rings. The molecule has 118 valence electrons. The molecule has 0 N–H and O–H groups in total. The molecule has 0 unspecified atom stereocenters. The summed E-state index contributed by atoms with van der Waals surface area (Å²) in [5.74, 6) is 0. The third kappa shape index (κ3) is 11.3. The van der Waals surface area contributed by atoms with Crippen LogP contribution in [0.5, 0.6) is 0 Å². The minimum Gasteiger partial charge on any atom is -0.0705 e. The van der Waals surface area contributed by atoms with Crippen molar-refractivity contribution < 1.29 is 0 Å². The normalized spacial score (nSPS) is 13.0. The van der Waals surface area contributed by atoms with Crippen molar-refractivity contribution in [2.45, 2.75) is 105 Å². The second kappa shape index (κ2) is 14.9. The summed E-state index contributed by atoms with van der Waals surface area (Å²) in [7, 11) is 0. The van der Waals surface area contributed by atoms with Gasteiger partial charge in [0.1, 0.15) is 0 Å². The van der Waals surface area contributed by atoms with Crippen LogP contribution >= 0.6 is 0 Å². The van der Waals surface area contributed by atoms with Crippen LogP contribution in [0.3, 0.4) is 0 Å². The van der Waals surface area contributed by atoms with Crippen molar-refractivity contribution >= 4 is 0 Å². The van der Waals surface area contributed by atoms with Gasteiger partial charge in [0.25, 0.3) is 0 Å². The quantitative estimate of drug-likeness (QED) is 0.240. The predicted octanol–water partition coefficient (Wildman–Crippen LogP) is 7.60. The highest BCUT2D eigenvalue weighted by atomic mass is 14.0. The highest BCUT2D eigenvalue weighted by Gasteiger charge is 1.97. The molecular weight excluding hydrogens is 240 g/mol. The topological polar surface area (TPSA) is 0 Å². The summed E-state index contributed by atoms with van der Waals surface area (Å²) in [6.07, 6.45) is 20.9. The Bertz CT molecular complexity index is 229. The van der Waals surface area contributed by atoms with Gasteiger partial charge in [0, 0.05) is 0 Å². The Morgan fingerprint density at radius 2 is 0.950 bits per heavy atom. The second-order valence-corrected chi connectivity index (χ2v) is 5.98. The third-order valence-electron chi connectivity index (χ3n) is 4.17. The van der Waals surface area contributed by atoms with Gasteiger partial charge in [0.15, 0.2) is 0 Å². The monoisotopic (exact) mass is 278 g/mol. The van der Waals surface area contributed by atoms with Gasteiger partial charge >= 0.3 is 0 Å². The van der Waals surface area contributed by atoms with E-state index in [1.165, 1.54) is 77.0 Å². The molecule has 0 heterocycles. The van der Waals surface area contributed by atoms with Gasteiger partial charge in [-0.05, 0) is 38.5 Å². The van der Waals surface area contributed by atoms with Crippen molar-refractivity contribution in [3.05, 3.63) is 23.3 Å². The molecule has 0 aliphatic carbocycles. The molecule has 0 saturated heterocycles. The molecule has 0 aliphatic rings. The fraction of sp³-hybridized carbons (Fsp3) is 0.800. The number of hydrogen-bond donors (Lipinski definition) is 0. The van der Waals surface area contributed by atoms with Crippen molar-refractivity contribution in [1.82, 2.24) is 0 Å². The molecule has 0 radical (unpaired) electrons. The van der Waals surface area contributed by atoms with Gasteiger partial charge in [-0.1, -0.05) is 89.5 Å². The average Bonchev–Trinajstić information content (AvgIpc) is 2.48. The average molecular weight is 279 g/mol. The van der Waals surface area contributed by atoms with E-state index >= 15 is 0 Å². The molecule has 0 atom stereocenters. The van der Waals surface area contributed by atoms with Gasteiger partial charge < -0.3 is 0 Å². The molecule has 0 amide bonds. The summed E-state index contributed by atoms with van der Waals surface area (Å²) in [4.78, 5) is 0. The van der Waals surface area contributed by atoms with E-state index < -0.39 is 0 Å². The van der Waals surface area contributed by atoms with E-state index in [-0.39, 0.29) is 0 Å². The lowest BCUT2D eigenvalue weighted by atomic mass is 10.0. The van der Waals surface area contributed by atoms with E-state index in [4.69, 9.17) is 0 Å². The first-order valence-corrected chi connectivity index (χ1v) is 9.15. The Kier molecular flexibility index (Phi) is 14.5. The first-order chi connectivity index (χ1) is 9.78. The Morgan fingerprint density at radius 3 is 1.25 bits per heavy atom. The Labute approximate surface area is 128 Å². The number of rotatable bonds is 13. The lowest BCUT2D eigenvalue weighted by molar-refractivity contribution is 0.655. The Morgan fingerprint density at radius 1 is 0.550 bits per heavy atom. The maximum Gasteiger partial charge on any atom is -0.0317 e. The van der Waals surface area contributed by atoms with Crippen molar-refractivity contribution in [3.8, 4) is 0 Å². The maximum absolute atomic E-state index is 2.42. The molecule has 0 spiro atoms. The minimum atomic E-state index is 1.22. The Balaban J connectivity index is 4.13. The number of hydrogen-bond acceptors (Lipinski definition) is 0. The molecule has 0 rings (SSSR count). The van der Waals surface area contributed by atoms with Gasteiger partial charge in [-0.25, -0.2) is 0 Å². The fourth-order valence-electron chi connectivity index (χ4n) is 2.55. The first-order valence-electron chi connectivity index (χ1n) is 9.15. The molecule has 20 heavy (non-hydrogen) atoms. The van der Waals surface area contributed by atoms with Gasteiger partial charge in [-0.2, -0.15) is 0 Å². The SMILES string of the molecule is CCCCCC/C(=C/C=C(\CC)CCCCCC)CC. The summed E-state index contributed by atoms with van der Waals surface area (Å²) in [5.41, 5.74) is 3.28. The minimum absolute atomic E-state index is 1.22. The summed E-state index contributed by atoms with van der Waals surface area (Å²) in [6.45, 7) is 9.16. The van der Waals surface area contributed by atoms with Crippen molar-refractivity contribution in [2.75, 3.05) is 0 Å². The molecule has 0 bridgehead atoms. The molecule has 0 aromatic carbocycles. The van der Waals surface area contributed by atoms with Gasteiger partial charge in [0.05, 0.1) is 0 Å². The van der Waals surface area contributed by atoms with Crippen LogP contribution in [0.25, 0.3) is 0 Å². The van der Waals surface area contributed by atoms with Crippen LogP contribution in [0.15, 0.2) is 23.3 Å². The van der Waals surface area contributed by atoms with Crippen molar-refractivity contribution in [1.29, 1.82) is 0 Å². The van der Waals surface area contributed by atoms with Gasteiger partial charge in [0.2, 0.25) is 0 Å². The molecule has 0 nitrogen and oxygen atoms in total. The first kappa shape index (κ1) is 19.5. The van der Waals surface area contributed by atoms with Crippen molar-refractivity contribution in [2.24, 2.45) is 0 Å². The van der Waals surface area contributed by atoms with Gasteiger partial charge in [-0.3, -0.25) is 0 Å². The second-order valence-electron chi connectivity index (χ2n) is 5.98. The largest absolute Gasteiger partial charge is 0.0705 e. The van der Waals surface area contributed by atoms with E-state index in [0.717, 1.165) is 0 Å². The van der Waals surface area contributed by atoms with E-state index in [1.807, 2.05) is 0 Å². The number of allylic oxidation sites excluding steroid dienone is 4. The van der Waals surface area contributed by atoms with E-state index in [9.17, 15) is 0 Å². The molecule has 0 aliphatic heterocycles. The summed E-state index contributed by atoms with van der Waals surface area (Å²) in [5, 5.41) is 0. The lowest BCUT2D eigenvalue weighted by Crippen LogP contribution is -1.86. The summed E-state index contributed by atoms with van der Waals surface area (Å²) < 4.78 is 0. The molecule has 0 aromatic heterocycles. The summed E-state index contributed by atoms with van der Waals surface area (Å²) in [6, 6.07) is 0. The molecule has 0 saturated carbocycles. The van der Waals surface area contributed by atoms with E-state index in [0.29, 0.717) is 0 Å². The van der Waals surface area contributed by atoms with E-state index in [2.05, 4.69) is 39.8 Å². The predicted molar refractivity (Wildman–Crippen MR) is 94.3 cm³/mol. The smallest absolute Gasteiger partial charge is 0.0317 e. The molecule has 0 heteroatoms. The van der Waals surface area contributed by atoms with Crippen LogP contribution in [0.1, 0.15) is 105 Å². The number of unbranched alkanes of at least 4 members (excludes halogenated alkanes) is 6. The zero-order valence-electron chi connectivity index (χ0n) is 14.6. The van der Waals surface area contributed by atoms with Crippen LogP contribution in [0, 0.1) is 0 Å². The highest BCUT2D eigenvalue weighted by molar-refractivity contribution is 5.17. The standard InChI is InChI=1S/C20H38/c1-5-9-11-13-15-19(7-3)17-18-20(8-4)16-14-12-10-6-2/h17-18H,5-16H2,1-4H3/b19-17+,20-18+. The zero-order chi connectivity index (χ0) is 15.1. The lowest BCUT2D eigenvalue weighted by Gasteiger charge is -2.06. The van der Waals surface area contributed by atoms with Crippen LogP contribution in [0.4, 0.5) is 0 Å². The van der Waals surface area contributed by atoms with Crippen molar-refractivity contribution in [3.63, 3.8) is 0 Å². The summed E-state index contributed by atoms with van der Waals surface area (Å²) >= 11 is 0. The maximum atomic E-state index is 2.42. The van der Waals surface area contributed by atoms with E-state index in [1.54, 1.807) is 11.1 Å². The van der Waals surface area contributed by atoms with Crippen LogP contribution < -0.4 is 0 Å². The van der Waals surface area contributed by atoms with Crippen LogP contribution in [-0.2, 0) is 0 Å². The fourth-order valence-corrected chi connectivity index (χ4v) is 2.55.